The van der Waals surface area contributed by atoms with Crippen molar-refractivity contribution in [3.63, 3.8) is 0 Å². The van der Waals surface area contributed by atoms with Crippen molar-refractivity contribution in [3.8, 4) is 0 Å². The molecule has 0 saturated heterocycles. The molecule has 0 aromatic heterocycles. The van der Waals surface area contributed by atoms with Gasteiger partial charge >= 0.3 is 0 Å². The Kier molecular flexibility index (Phi) is 88.7. The molecule has 0 heterocycles. The van der Waals surface area contributed by atoms with Crippen LogP contribution in [0, 0.1) is 5.39 Å². The molecule has 0 N–H and O–H groups in total. The summed E-state index contributed by atoms with van der Waals surface area (Å²) in [7, 11) is 1.31. The van der Waals surface area contributed by atoms with Gasteiger partial charge in [0.1, 0.15) is 4.98 Å². The summed E-state index contributed by atoms with van der Waals surface area (Å²) < 4.78 is 0. The molecule has 4 heavy (non-hydrogen) atoms. The molecule has 0 atom stereocenters. The molecule has 2 nitrogen and oxygen atoms in total. The smallest absolute Gasteiger partial charge is 0.269 e. The Morgan fingerprint density at radius 2 is 1.75 bits per heavy atom. The first-order valence-electron chi connectivity index (χ1n) is 0.647. The van der Waals surface area contributed by atoms with Crippen LogP contribution in [0.1, 0.15) is 0 Å². The van der Waals surface area contributed by atoms with Gasteiger partial charge in [-0.05, 0) is 0 Å². The average molecular weight is 63.1 g/mol. The minimum atomic E-state index is 0. The summed E-state index contributed by atoms with van der Waals surface area (Å²) in [6.07, 6.45) is 0. The topological polar surface area (TPSA) is 28.1 Å². The van der Waals surface area contributed by atoms with Crippen LogP contribution in [-0.4, -0.2) is 7.05 Å². The fourth-order valence-corrected chi connectivity index (χ4v) is 0. The van der Waals surface area contributed by atoms with Gasteiger partial charge in [0, 0.05) is 0 Å². The highest BCUT2D eigenvalue weighted by Gasteiger charge is 1.35. The molecule has 0 radical (unpaired) electrons. The Bertz CT molecular complexity index is 27.5. The summed E-state index contributed by atoms with van der Waals surface area (Å²) in [5.74, 6) is 0. The zero-order valence-corrected chi connectivity index (χ0v) is 2.30. The quantitative estimate of drug-likeness (QED) is 0.379. The summed E-state index contributed by atoms with van der Waals surface area (Å²) in [5.41, 5.74) is 0. The number of nitrogens with zero attached hydrogens (tertiary/aromatic N) is 2. The van der Waals surface area contributed by atoms with E-state index in [1.54, 1.807) is 0 Å². The summed E-state index contributed by atoms with van der Waals surface area (Å²) >= 11 is 0. The minimum absolute atomic E-state index is 0. The van der Waals surface area contributed by atoms with E-state index in [0.717, 1.165) is 0 Å². The molecule has 0 aliphatic heterocycles. The highest BCUT2D eigenvalue weighted by atomic mass is 19.0. The first kappa shape index (κ1) is 10.2. The van der Waals surface area contributed by atoms with Gasteiger partial charge in [-0.2, -0.15) is 0 Å². The molecular weight excluding hydrogens is 59.0 g/mol. The maximum absolute atomic E-state index is 7.19. The van der Waals surface area contributed by atoms with Crippen LogP contribution in [0.25, 0.3) is 4.98 Å². The van der Waals surface area contributed by atoms with E-state index in [1.807, 2.05) is 0 Å². The number of rotatable bonds is 0. The first-order chi connectivity index (χ1) is 1.41. The molecule has 0 aliphatic carbocycles. The van der Waals surface area contributed by atoms with Crippen LogP contribution in [0.2, 0.25) is 0 Å². The van der Waals surface area contributed by atoms with Gasteiger partial charge in [0.2, 0.25) is 5.39 Å². The van der Waals surface area contributed by atoms with Gasteiger partial charge in [0.15, 0.2) is 0 Å². The van der Waals surface area contributed by atoms with Gasteiger partial charge in [-0.3, -0.25) is 4.70 Å². The molecule has 24 valence electrons. The third-order valence-corrected chi connectivity index (χ3v) is 0. The lowest BCUT2D eigenvalue weighted by Gasteiger charge is -0.963. The molecule has 0 rings (SSSR count). The second-order valence-corrected chi connectivity index (χ2v) is 0.200. The van der Waals surface area contributed by atoms with Gasteiger partial charge in [0.05, 0.1) is 0 Å². The molecule has 0 aliphatic rings. The molecule has 0 amide bonds. The standard InChI is InChI=1S/CH3N2.FH/c1-3-2;/h1H3;1H/q+1;. The van der Waals surface area contributed by atoms with E-state index in [-0.39, 0.29) is 4.70 Å². The molecule has 0 fully saturated rings. The molecule has 0 saturated carbocycles. The van der Waals surface area contributed by atoms with E-state index in [0.29, 0.717) is 0 Å². The van der Waals surface area contributed by atoms with Crippen molar-refractivity contribution in [2.24, 2.45) is 0 Å². The lowest BCUT2D eigenvalue weighted by molar-refractivity contribution is 1.11. The monoisotopic (exact) mass is 63.0 g/mol. The van der Waals surface area contributed by atoms with Crippen LogP contribution in [-0.2, 0) is 0 Å². The second-order valence-electron chi connectivity index (χ2n) is 0.200. The van der Waals surface area contributed by atoms with Crippen molar-refractivity contribution >= 4 is 0 Å². The molecular formula is CH4FN2+. The number of diazo groups is 1. The van der Waals surface area contributed by atoms with Crippen LogP contribution in [0.5, 0.6) is 0 Å². The van der Waals surface area contributed by atoms with E-state index >= 15 is 0 Å². The Hall–Kier alpha value is -0.650. The maximum Gasteiger partial charge on any atom is 0.296 e. The molecule has 0 bridgehead atoms. The summed E-state index contributed by atoms with van der Waals surface area (Å²) in [4.78, 5) is 2.50. The van der Waals surface area contributed by atoms with Gasteiger partial charge in [0.25, 0.3) is 7.05 Å². The minimum Gasteiger partial charge on any atom is -0.269 e. The second kappa shape index (κ2) is 35.0. The van der Waals surface area contributed by atoms with Gasteiger partial charge < -0.3 is 0 Å². The Balaban J connectivity index is 0. The average Bonchev–Trinajstić information content (AvgIpc) is 0.918. The van der Waals surface area contributed by atoms with Gasteiger partial charge in [-0.25, -0.2) is 0 Å². The van der Waals surface area contributed by atoms with Crippen LogP contribution in [0.4, 0.5) is 4.70 Å². The number of hydrogen-bond acceptors (Lipinski definition) is 1. The lowest BCUT2D eigenvalue weighted by Crippen LogP contribution is -1.11. The third kappa shape index (κ3) is 0.391. The predicted molar refractivity (Wildman–Crippen MR) is 13.5 cm³/mol. The zero-order valence-electron chi connectivity index (χ0n) is 2.30. The predicted octanol–water partition coefficient (Wildman–Crippen LogP) is 0.622. The van der Waals surface area contributed by atoms with E-state index in [1.165, 1.54) is 7.05 Å². The highest BCUT2D eigenvalue weighted by Crippen LogP contribution is 1.25. The molecule has 0 aromatic rings. The van der Waals surface area contributed by atoms with Crippen molar-refractivity contribution in [2.75, 3.05) is 7.05 Å². The summed E-state index contributed by atoms with van der Waals surface area (Å²) in [6.45, 7) is 0. The van der Waals surface area contributed by atoms with Crippen molar-refractivity contribution in [1.82, 2.24) is 0 Å². The fraction of sp³-hybridized carbons (Fsp3) is 1.00. The Labute approximate surface area is 23.4 Å². The third-order valence-electron chi connectivity index (χ3n) is 0. The van der Waals surface area contributed by atoms with Crippen molar-refractivity contribution in [2.45, 2.75) is 0 Å². The molecule has 0 aromatic carbocycles. The summed E-state index contributed by atoms with van der Waals surface area (Å²) in [5, 5.41) is 7.19. The first-order valence-corrected chi connectivity index (χ1v) is 0.647. The SMILES string of the molecule is C[N+]#N.F. The van der Waals surface area contributed by atoms with Crippen LogP contribution < -0.4 is 0 Å². The fourth-order valence-electron chi connectivity index (χ4n) is 0. The number of hydrogen-bond donors (Lipinski definition) is 0. The van der Waals surface area contributed by atoms with Crippen molar-refractivity contribution in [3.05, 3.63) is 4.98 Å². The van der Waals surface area contributed by atoms with E-state index in [2.05, 4.69) is 4.98 Å². The largest absolute Gasteiger partial charge is 0.296 e. The lowest BCUT2D eigenvalue weighted by atomic mass is 11.6. The van der Waals surface area contributed by atoms with Crippen LogP contribution in [0.15, 0.2) is 0 Å². The van der Waals surface area contributed by atoms with E-state index in [9.17, 15) is 0 Å². The van der Waals surface area contributed by atoms with Crippen LogP contribution in [0.3, 0.4) is 0 Å². The molecule has 0 spiro atoms. The Morgan fingerprint density at radius 1 is 1.75 bits per heavy atom. The Morgan fingerprint density at radius 3 is 1.75 bits per heavy atom. The van der Waals surface area contributed by atoms with E-state index < -0.39 is 0 Å². The maximum atomic E-state index is 7.19. The van der Waals surface area contributed by atoms with Crippen LogP contribution >= 0.6 is 0 Å². The highest BCUT2D eigenvalue weighted by molar-refractivity contribution is 4.19. The molecule has 3 heteroatoms. The number of halogens is 1. The molecule has 0 unspecified atom stereocenters. The van der Waals surface area contributed by atoms with E-state index in [4.69, 9.17) is 5.39 Å². The van der Waals surface area contributed by atoms with Crippen molar-refractivity contribution < 1.29 is 4.70 Å². The zero-order chi connectivity index (χ0) is 2.71. The van der Waals surface area contributed by atoms with Gasteiger partial charge in [-0.15, -0.1) is 0 Å². The van der Waals surface area contributed by atoms with Gasteiger partial charge in [-0.1, -0.05) is 0 Å². The summed E-state index contributed by atoms with van der Waals surface area (Å²) in [6, 6.07) is 0. The normalized spacial score (nSPS) is 2.00. The van der Waals surface area contributed by atoms with Crippen molar-refractivity contribution in [1.29, 1.82) is 5.39 Å².